The highest BCUT2D eigenvalue weighted by atomic mass is 16.6. The summed E-state index contributed by atoms with van der Waals surface area (Å²) in [5, 5.41) is 13.0. The second kappa shape index (κ2) is 7.97. The van der Waals surface area contributed by atoms with Gasteiger partial charge in [0, 0.05) is 5.69 Å². The summed E-state index contributed by atoms with van der Waals surface area (Å²) < 4.78 is 5.25. The lowest BCUT2D eigenvalue weighted by atomic mass is 10.0. The van der Waals surface area contributed by atoms with Gasteiger partial charge < -0.3 is 9.84 Å². The third kappa shape index (κ3) is 6.05. The van der Waals surface area contributed by atoms with Gasteiger partial charge in [0.2, 0.25) is 0 Å². The van der Waals surface area contributed by atoms with Gasteiger partial charge in [0.25, 0.3) is 0 Å². The molecule has 2 aromatic rings. The SMILES string of the molecule is CC(C)(C)OC(=O)Nc1cccc(CCC(O)c2ccccc2)c1. The number of anilines is 1. The number of aliphatic hydroxyl groups excluding tert-OH is 1. The number of hydrogen-bond acceptors (Lipinski definition) is 3. The molecule has 1 unspecified atom stereocenters. The van der Waals surface area contributed by atoms with Gasteiger partial charge in [-0.25, -0.2) is 4.79 Å². The smallest absolute Gasteiger partial charge is 0.412 e. The number of aliphatic hydroxyl groups is 1. The predicted molar refractivity (Wildman–Crippen MR) is 96.0 cm³/mol. The van der Waals surface area contributed by atoms with E-state index in [-0.39, 0.29) is 0 Å². The molecule has 1 amide bonds. The summed E-state index contributed by atoms with van der Waals surface area (Å²) >= 11 is 0. The van der Waals surface area contributed by atoms with Crippen LogP contribution in [0.5, 0.6) is 0 Å². The molecule has 0 aliphatic rings. The maximum Gasteiger partial charge on any atom is 0.412 e. The Labute approximate surface area is 143 Å². The first-order valence-corrected chi connectivity index (χ1v) is 8.15. The number of carbonyl (C=O) groups is 1. The van der Waals surface area contributed by atoms with Crippen molar-refractivity contribution >= 4 is 11.8 Å². The Morgan fingerprint density at radius 1 is 1.12 bits per heavy atom. The maximum atomic E-state index is 11.8. The molecule has 0 aliphatic carbocycles. The van der Waals surface area contributed by atoms with Gasteiger partial charge in [-0.3, -0.25) is 5.32 Å². The van der Waals surface area contributed by atoms with Crippen molar-refractivity contribution in [3.05, 3.63) is 65.7 Å². The normalized spacial score (nSPS) is 12.5. The summed E-state index contributed by atoms with van der Waals surface area (Å²) in [5.41, 5.74) is 2.14. The van der Waals surface area contributed by atoms with E-state index in [1.165, 1.54) is 0 Å². The molecule has 0 heterocycles. The highest BCUT2D eigenvalue weighted by Crippen LogP contribution is 2.20. The van der Waals surface area contributed by atoms with E-state index in [1.807, 2.05) is 75.4 Å². The van der Waals surface area contributed by atoms with E-state index in [0.29, 0.717) is 12.1 Å². The number of ether oxygens (including phenoxy) is 1. The first-order chi connectivity index (χ1) is 11.3. The lowest BCUT2D eigenvalue weighted by Gasteiger charge is -2.19. The van der Waals surface area contributed by atoms with E-state index in [1.54, 1.807) is 0 Å². The molecule has 4 heteroatoms. The van der Waals surface area contributed by atoms with Gasteiger partial charge in [-0.15, -0.1) is 0 Å². The van der Waals surface area contributed by atoms with E-state index in [9.17, 15) is 9.90 Å². The minimum Gasteiger partial charge on any atom is -0.444 e. The third-order valence-electron chi connectivity index (χ3n) is 3.46. The van der Waals surface area contributed by atoms with Crippen molar-refractivity contribution in [2.75, 3.05) is 5.32 Å². The summed E-state index contributed by atoms with van der Waals surface area (Å²) in [6.45, 7) is 5.48. The van der Waals surface area contributed by atoms with Crippen LogP contribution in [0.4, 0.5) is 10.5 Å². The van der Waals surface area contributed by atoms with Crippen LogP contribution in [0.15, 0.2) is 54.6 Å². The first kappa shape index (κ1) is 18.0. The number of benzene rings is 2. The topological polar surface area (TPSA) is 58.6 Å². The summed E-state index contributed by atoms with van der Waals surface area (Å²) in [5.74, 6) is 0. The van der Waals surface area contributed by atoms with Crippen molar-refractivity contribution in [1.29, 1.82) is 0 Å². The van der Waals surface area contributed by atoms with E-state index < -0.39 is 17.8 Å². The van der Waals surface area contributed by atoms with E-state index in [2.05, 4.69) is 5.32 Å². The maximum absolute atomic E-state index is 11.8. The van der Waals surface area contributed by atoms with Crippen LogP contribution in [-0.4, -0.2) is 16.8 Å². The Kier molecular flexibility index (Phi) is 5.99. The van der Waals surface area contributed by atoms with Gasteiger partial charge in [-0.05, 0) is 56.9 Å². The highest BCUT2D eigenvalue weighted by Gasteiger charge is 2.16. The zero-order valence-corrected chi connectivity index (χ0v) is 14.5. The molecule has 0 bridgehead atoms. The van der Waals surface area contributed by atoms with Gasteiger partial charge in [-0.1, -0.05) is 42.5 Å². The van der Waals surface area contributed by atoms with Crippen LogP contribution in [0.2, 0.25) is 0 Å². The molecular formula is C20H25NO3. The van der Waals surface area contributed by atoms with Crippen molar-refractivity contribution in [2.45, 2.75) is 45.3 Å². The van der Waals surface area contributed by atoms with Crippen molar-refractivity contribution in [2.24, 2.45) is 0 Å². The summed E-state index contributed by atoms with van der Waals surface area (Å²) in [6.07, 6.45) is 0.387. The molecule has 24 heavy (non-hydrogen) atoms. The first-order valence-electron chi connectivity index (χ1n) is 8.15. The molecule has 0 saturated heterocycles. The third-order valence-corrected chi connectivity index (χ3v) is 3.46. The number of rotatable bonds is 5. The van der Waals surface area contributed by atoms with Gasteiger partial charge in [0.05, 0.1) is 6.10 Å². The minimum atomic E-state index is -0.526. The molecular weight excluding hydrogens is 302 g/mol. The van der Waals surface area contributed by atoms with Crippen molar-refractivity contribution in [3.63, 3.8) is 0 Å². The van der Waals surface area contributed by atoms with Gasteiger partial charge in [0.1, 0.15) is 5.60 Å². The van der Waals surface area contributed by atoms with E-state index in [0.717, 1.165) is 17.5 Å². The van der Waals surface area contributed by atoms with Gasteiger partial charge in [0.15, 0.2) is 0 Å². The van der Waals surface area contributed by atoms with Crippen LogP contribution in [0, 0.1) is 0 Å². The van der Waals surface area contributed by atoms with Crippen LogP contribution >= 0.6 is 0 Å². The lowest BCUT2D eigenvalue weighted by Crippen LogP contribution is -2.27. The molecule has 4 nitrogen and oxygen atoms in total. The Morgan fingerprint density at radius 3 is 2.50 bits per heavy atom. The summed E-state index contributed by atoms with van der Waals surface area (Å²) in [7, 11) is 0. The number of aryl methyl sites for hydroxylation is 1. The van der Waals surface area contributed by atoms with Crippen LogP contribution in [0.1, 0.15) is 44.4 Å². The van der Waals surface area contributed by atoms with Gasteiger partial charge in [-0.2, -0.15) is 0 Å². The average molecular weight is 327 g/mol. The van der Waals surface area contributed by atoms with Crippen LogP contribution in [0.3, 0.4) is 0 Å². The van der Waals surface area contributed by atoms with E-state index >= 15 is 0 Å². The summed E-state index contributed by atoms with van der Waals surface area (Å²) in [4.78, 5) is 11.8. The molecule has 1 atom stereocenters. The van der Waals surface area contributed by atoms with E-state index in [4.69, 9.17) is 4.74 Å². The molecule has 0 saturated carbocycles. The van der Waals surface area contributed by atoms with Gasteiger partial charge >= 0.3 is 6.09 Å². The Balaban J connectivity index is 1.92. The van der Waals surface area contributed by atoms with Crippen LogP contribution in [-0.2, 0) is 11.2 Å². The zero-order valence-electron chi connectivity index (χ0n) is 14.5. The summed E-state index contributed by atoms with van der Waals surface area (Å²) in [6, 6.07) is 17.2. The van der Waals surface area contributed by atoms with Crippen LogP contribution in [0.25, 0.3) is 0 Å². The second-order valence-corrected chi connectivity index (χ2v) is 6.79. The fraction of sp³-hybridized carbons (Fsp3) is 0.350. The number of carbonyl (C=O) groups excluding carboxylic acids is 1. The molecule has 0 aromatic heterocycles. The fourth-order valence-corrected chi connectivity index (χ4v) is 2.37. The molecule has 0 aliphatic heterocycles. The molecule has 0 radical (unpaired) electrons. The number of amides is 1. The quantitative estimate of drug-likeness (QED) is 0.837. The molecule has 128 valence electrons. The molecule has 0 spiro atoms. The number of nitrogens with one attached hydrogen (secondary N) is 1. The van der Waals surface area contributed by atoms with Crippen molar-refractivity contribution < 1.29 is 14.6 Å². The van der Waals surface area contributed by atoms with Crippen molar-refractivity contribution in [1.82, 2.24) is 0 Å². The Morgan fingerprint density at radius 2 is 1.83 bits per heavy atom. The predicted octanol–water partition coefficient (Wildman–Crippen LogP) is 4.70. The standard InChI is InChI=1S/C20H25NO3/c1-20(2,3)24-19(23)21-17-11-7-8-15(14-17)12-13-18(22)16-9-5-4-6-10-16/h4-11,14,18,22H,12-13H2,1-3H3,(H,21,23). The zero-order chi connectivity index (χ0) is 17.6. The minimum absolute atomic E-state index is 0.469. The lowest BCUT2D eigenvalue weighted by molar-refractivity contribution is 0.0636. The fourth-order valence-electron chi connectivity index (χ4n) is 2.37. The molecule has 2 aromatic carbocycles. The average Bonchev–Trinajstić information content (AvgIpc) is 2.52. The molecule has 2 rings (SSSR count). The largest absolute Gasteiger partial charge is 0.444 e. The molecule has 2 N–H and O–H groups in total. The second-order valence-electron chi connectivity index (χ2n) is 6.79. The monoisotopic (exact) mass is 327 g/mol. The Bertz CT molecular complexity index is 662. The number of hydrogen-bond donors (Lipinski definition) is 2. The highest BCUT2D eigenvalue weighted by molar-refractivity contribution is 5.84. The van der Waals surface area contributed by atoms with Crippen molar-refractivity contribution in [3.8, 4) is 0 Å². The van der Waals surface area contributed by atoms with Crippen LogP contribution < -0.4 is 5.32 Å². The molecule has 0 fully saturated rings. The Hall–Kier alpha value is -2.33.